The van der Waals surface area contributed by atoms with Crippen molar-refractivity contribution in [2.45, 2.75) is 70.4 Å². The molecular formula is C24H32N6O2. The number of aryl methyl sites for hydroxylation is 1. The summed E-state index contributed by atoms with van der Waals surface area (Å²) in [5.41, 5.74) is 1.15. The number of benzene rings is 1. The molecule has 2 fully saturated rings. The number of urea groups is 1. The Morgan fingerprint density at radius 3 is 2.53 bits per heavy atom. The normalized spacial score (nSPS) is 21.2. The zero-order valence-electron chi connectivity index (χ0n) is 18.6. The second kappa shape index (κ2) is 9.30. The number of fused-ring (bicyclic) bond motifs is 1. The lowest BCUT2D eigenvalue weighted by atomic mass is 10.1. The van der Waals surface area contributed by atoms with Gasteiger partial charge in [-0.1, -0.05) is 18.6 Å². The number of nitrogens with zero attached hydrogens (tertiary/aromatic N) is 5. The zero-order valence-corrected chi connectivity index (χ0v) is 18.6. The molecule has 3 aliphatic rings. The molecule has 170 valence electrons. The number of nitrogens with one attached hydrogen (secondary N) is 1. The summed E-state index contributed by atoms with van der Waals surface area (Å²) < 4.78 is 2.23. The van der Waals surface area contributed by atoms with Gasteiger partial charge in [-0.25, -0.2) is 4.79 Å². The third-order valence-corrected chi connectivity index (χ3v) is 6.99. The first-order valence-electron chi connectivity index (χ1n) is 12.1. The maximum absolute atomic E-state index is 13.3. The Morgan fingerprint density at radius 2 is 1.66 bits per heavy atom. The summed E-state index contributed by atoms with van der Waals surface area (Å²) in [6.45, 7) is 3.18. The fourth-order valence-electron chi connectivity index (χ4n) is 5.27. The predicted octanol–water partition coefficient (Wildman–Crippen LogP) is 4.00. The molecule has 2 aromatic rings. The van der Waals surface area contributed by atoms with Crippen molar-refractivity contribution < 1.29 is 9.59 Å². The highest BCUT2D eigenvalue weighted by Crippen LogP contribution is 2.33. The van der Waals surface area contributed by atoms with Crippen molar-refractivity contribution in [1.82, 2.24) is 24.6 Å². The number of piperidine rings is 1. The van der Waals surface area contributed by atoms with E-state index in [-0.39, 0.29) is 18.0 Å². The molecule has 0 saturated carbocycles. The van der Waals surface area contributed by atoms with Gasteiger partial charge in [0, 0.05) is 32.6 Å². The van der Waals surface area contributed by atoms with Crippen LogP contribution in [-0.4, -0.2) is 56.1 Å². The number of amides is 3. The van der Waals surface area contributed by atoms with Gasteiger partial charge < -0.3 is 19.7 Å². The van der Waals surface area contributed by atoms with E-state index in [2.05, 4.69) is 20.1 Å². The fourth-order valence-corrected chi connectivity index (χ4v) is 5.27. The second-order valence-electron chi connectivity index (χ2n) is 9.12. The van der Waals surface area contributed by atoms with Crippen LogP contribution in [0.25, 0.3) is 0 Å². The van der Waals surface area contributed by atoms with E-state index in [1.165, 1.54) is 12.8 Å². The minimum atomic E-state index is -0.169. The third kappa shape index (κ3) is 4.10. The quantitative estimate of drug-likeness (QED) is 0.788. The van der Waals surface area contributed by atoms with Crippen molar-refractivity contribution >= 4 is 17.6 Å². The van der Waals surface area contributed by atoms with E-state index < -0.39 is 0 Å². The van der Waals surface area contributed by atoms with Crippen LogP contribution in [0.4, 0.5) is 10.5 Å². The van der Waals surface area contributed by atoms with Gasteiger partial charge in [0.2, 0.25) is 0 Å². The first-order chi connectivity index (χ1) is 15.7. The maximum Gasteiger partial charge on any atom is 0.322 e. The summed E-state index contributed by atoms with van der Waals surface area (Å²) in [7, 11) is 0. The molecular weight excluding hydrogens is 404 g/mol. The highest BCUT2D eigenvalue weighted by molar-refractivity contribution is 6.03. The van der Waals surface area contributed by atoms with E-state index in [1.807, 2.05) is 34.1 Å². The van der Waals surface area contributed by atoms with E-state index >= 15 is 0 Å². The van der Waals surface area contributed by atoms with Crippen LogP contribution in [0.1, 0.15) is 79.4 Å². The van der Waals surface area contributed by atoms with Crippen LogP contribution in [0.2, 0.25) is 0 Å². The standard InChI is InChI=1S/C24H32N6O2/c31-23(28-14-6-2-7-15-28)18-10-4-5-11-19(18)25-24(32)29-17-9-12-20(29)22-27-26-21-13-3-1-8-16-30(21)22/h4-5,10-11,20H,1-3,6-9,12-17H2,(H,25,32). The lowest BCUT2D eigenvalue weighted by Gasteiger charge is -2.28. The number of anilines is 1. The minimum absolute atomic E-state index is 0.00125. The van der Waals surface area contributed by atoms with Crippen molar-refractivity contribution in [3.8, 4) is 0 Å². The molecule has 0 bridgehead atoms. The first-order valence-corrected chi connectivity index (χ1v) is 12.1. The molecule has 3 amide bonds. The summed E-state index contributed by atoms with van der Waals surface area (Å²) >= 11 is 0. The van der Waals surface area contributed by atoms with E-state index in [1.54, 1.807) is 0 Å². The first kappa shape index (κ1) is 21.0. The van der Waals surface area contributed by atoms with Crippen LogP contribution >= 0.6 is 0 Å². The molecule has 0 spiro atoms. The summed E-state index contributed by atoms with van der Waals surface area (Å²) in [6, 6.07) is 7.12. The molecule has 1 unspecified atom stereocenters. The van der Waals surface area contributed by atoms with Crippen molar-refractivity contribution in [1.29, 1.82) is 0 Å². The number of likely N-dealkylation sites (tertiary alicyclic amines) is 2. The number of hydrogen-bond donors (Lipinski definition) is 1. The highest BCUT2D eigenvalue weighted by atomic mass is 16.2. The number of aromatic nitrogens is 3. The molecule has 3 aliphatic heterocycles. The number of carbonyl (C=O) groups is 2. The van der Waals surface area contributed by atoms with Crippen molar-refractivity contribution in [2.24, 2.45) is 0 Å². The van der Waals surface area contributed by atoms with Crippen LogP contribution in [0.3, 0.4) is 0 Å². The van der Waals surface area contributed by atoms with Crippen LogP contribution in [0, 0.1) is 0 Å². The Morgan fingerprint density at radius 1 is 0.875 bits per heavy atom. The smallest absolute Gasteiger partial charge is 0.322 e. The van der Waals surface area contributed by atoms with E-state index in [9.17, 15) is 9.59 Å². The molecule has 0 radical (unpaired) electrons. The van der Waals surface area contributed by atoms with Crippen molar-refractivity contribution in [3.05, 3.63) is 41.5 Å². The van der Waals surface area contributed by atoms with Crippen LogP contribution in [0.15, 0.2) is 24.3 Å². The predicted molar refractivity (Wildman–Crippen MR) is 121 cm³/mol. The molecule has 1 N–H and O–H groups in total. The van der Waals surface area contributed by atoms with Crippen LogP contribution in [-0.2, 0) is 13.0 Å². The third-order valence-electron chi connectivity index (χ3n) is 6.99. The average Bonchev–Trinajstić information content (AvgIpc) is 3.40. The monoisotopic (exact) mass is 436 g/mol. The molecule has 1 aromatic heterocycles. The largest absolute Gasteiger partial charge is 0.339 e. The van der Waals surface area contributed by atoms with Gasteiger partial charge in [-0.05, 0) is 57.1 Å². The van der Waals surface area contributed by atoms with Gasteiger partial charge in [-0.15, -0.1) is 10.2 Å². The molecule has 1 atom stereocenters. The van der Waals surface area contributed by atoms with Crippen LogP contribution < -0.4 is 5.32 Å². The Kier molecular flexibility index (Phi) is 6.10. The van der Waals surface area contributed by atoms with Gasteiger partial charge in [0.25, 0.3) is 5.91 Å². The van der Waals surface area contributed by atoms with Crippen LogP contribution in [0.5, 0.6) is 0 Å². The van der Waals surface area contributed by atoms with E-state index in [4.69, 9.17) is 0 Å². The number of hydrogen-bond acceptors (Lipinski definition) is 4. The Hall–Kier alpha value is -2.90. The molecule has 1 aromatic carbocycles. The number of rotatable bonds is 3. The van der Waals surface area contributed by atoms with E-state index in [0.29, 0.717) is 17.8 Å². The topological polar surface area (TPSA) is 83.4 Å². The summed E-state index contributed by atoms with van der Waals surface area (Å²) in [5.74, 6) is 1.95. The maximum atomic E-state index is 13.3. The van der Waals surface area contributed by atoms with Gasteiger partial charge in [0.1, 0.15) is 5.82 Å². The number of para-hydroxylation sites is 1. The van der Waals surface area contributed by atoms with Gasteiger partial charge in [-0.3, -0.25) is 4.79 Å². The summed E-state index contributed by atoms with van der Waals surface area (Å²) in [4.78, 5) is 30.2. The van der Waals surface area contributed by atoms with E-state index in [0.717, 1.165) is 76.2 Å². The summed E-state index contributed by atoms with van der Waals surface area (Å²) in [6.07, 6.45) is 9.52. The Balaban J connectivity index is 1.34. The van der Waals surface area contributed by atoms with Gasteiger partial charge in [0.05, 0.1) is 17.3 Å². The molecule has 8 nitrogen and oxygen atoms in total. The molecule has 2 saturated heterocycles. The lowest BCUT2D eigenvalue weighted by Crippen LogP contribution is -2.38. The van der Waals surface area contributed by atoms with Gasteiger partial charge in [-0.2, -0.15) is 0 Å². The molecule has 5 rings (SSSR count). The van der Waals surface area contributed by atoms with Gasteiger partial charge in [0.15, 0.2) is 5.82 Å². The molecule has 32 heavy (non-hydrogen) atoms. The average molecular weight is 437 g/mol. The second-order valence-corrected chi connectivity index (χ2v) is 9.12. The Bertz CT molecular complexity index is 981. The molecule has 0 aliphatic carbocycles. The highest BCUT2D eigenvalue weighted by Gasteiger charge is 2.35. The molecule has 8 heteroatoms. The molecule has 4 heterocycles. The summed E-state index contributed by atoms with van der Waals surface area (Å²) in [5, 5.41) is 12.0. The van der Waals surface area contributed by atoms with Gasteiger partial charge >= 0.3 is 6.03 Å². The van der Waals surface area contributed by atoms with Crippen molar-refractivity contribution in [2.75, 3.05) is 25.0 Å². The lowest BCUT2D eigenvalue weighted by molar-refractivity contribution is 0.0725. The SMILES string of the molecule is O=C(c1ccccc1NC(=O)N1CCCC1c1nnc2n1CCCCC2)N1CCCCC1. The zero-order chi connectivity index (χ0) is 21.9. The van der Waals surface area contributed by atoms with Crippen molar-refractivity contribution in [3.63, 3.8) is 0 Å². The number of carbonyl (C=O) groups excluding carboxylic acids is 2. The Labute approximate surface area is 189 Å². The fraction of sp³-hybridized carbons (Fsp3) is 0.583. The minimum Gasteiger partial charge on any atom is -0.339 e.